The van der Waals surface area contributed by atoms with E-state index in [9.17, 15) is 22.8 Å². The molecule has 10 nitrogen and oxygen atoms in total. The molecule has 0 saturated carbocycles. The number of anilines is 4. The number of nitrogens with one attached hydrogen (secondary N) is 2. The molecule has 2 aromatic carbocycles. The molecule has 0 radical (unpaired) electrons. The second-order valence-corrected chi connectivity index (χ2v) is 12.4. The number of oxazole rings is 1. The summed E-state index contributed by atoms with van der Waals surface area (Å²) in [6.07, 6.45) is -0.419. The van der Waals surface area contributed by atoms with Crippen LogP contribution in [-0.2, 0) is 17.4 Å². The van der Waals surface area contributed by atoms with Crippen LogP contribution in [0.1, 0.15) is 52.6 Å². The van der Waals surface area contributed by atoms with E-state index in [4.69, 9.17) is 4.42 Å². The number of aryl methyl sites for hydroxylation is 1. The lowest BCUT2D eigenvalue weighted by molar-refractivity contribution is -0.141. The Hall–Kier alpha value is -5.07. The predicted molar refractivity (Wildman–Crippen MR) is 175 cm³/mol. The van der Waals surface area contributed by atoms with E-state index in [0.29, 0.717) is 51.0 Å². The lowest BCUT2D eigenvalue weighted by Crippen LogP contribution is -2.53. The van der Waals surface area contributed by atoms with Gasteiger partial charge in [0.25, 0.3) is 11.9 Å². The summed E-state index contributed by atoms with van der Waals surface area (Å²) < 4.78 is 47.3. The highest BCUT2D eigenvalue weighted by atomic mass is 19.4. The van der Waals surface area contributed by atoms with E-state index in [2.05, 4.69) is 38.8 Å². The molecule has 2 aromatic heterocycles. The molecule has 0 aliphatic carbocycles. The van der Waals surface area contributed by atoms with E-state index in [1.165, 1.54) is 17.3 Å². The number of pyridine rings is 1. The van der Waals surface area contributed by atoms with Gasteiger partial charge in [0.05, 0.1) is 11.9 Å². The molecule has 2 fully saturated rings. The zero-order valence-electron chi connectivity index (χ0n) is 26.2. The average Bonchev–Trinajstić information content (AvgIpc) is 3.59. The minimum Gasteiger partial charge on any atom is -0.417 e. The number of rotatable bonds is 6. The number of nitrogens with zero attached hydrogens (tertiary/aromatic N) is 5. The number of amides is 2. The minimum atomic E-state index is -4.88. The smallest absolute Gasteiger partial charge is 0.417 e. The first-order valence-corrected chi connectivity index (χ1v) is 16.3. The van der Waals surface area contributed by atoms with Gasteiger partial charge >= 0.3 is 6.18 Å². The highest BCUT2D eigenvalue weighted by Gasteiger charge is 2.42. The van der Waals surface area contributed by atoms with Gasteiger partial charge in [0, 0.05) is 45.0 Å². The van der Waals surface area contributed by atoms with Crippen molar-refractivity contribution in [2.75, 3.05) is 59.7 Å². The van der Waals surface area contributed by atoms with Gasteiger partial charge in [0.15, 0.2) is 5.69 Å². The van der Waals surface area contributed by atoms with E-state index in [1.54, 1.807) is 17.0 Å². The summed E-state index contributed by atoms with van der Waals surface area (Å²) in [5.74, 6) is -0.923. The molecule has 3 aliphatic heterocycles. The van der Waals surface area contributed by atoms with Crippen LogP contribution in [0.2, 0.25) is 0 Å². The number of hydrogen-bond donors (Lipinski definition) is 2. The lowest BCUT2D eigenvalue weighted by Gasteiger charge is -2.38. The van der Waals surface area contributed by atoms with Crippen molar-refractivity contribution < 1.29 is 27.2 Å². The van der Waals surface area contributed by atoms with Crippen LogP contribution < -0.4 is 20.4 Å². The van der Waals surface area contributed by atoms with Gasteiger partial charge in [-0.2, -0.15) is 18.2 Å². The third-order valence-electron chi connectivity index (χ3n) is 9.40. The molecule has 7 rings (SSSR count). The Bertz CT molecular complexity index is 1750. The zero-order chi connectivity index (χ0) is 33.3. The van der Waals surface area contributed by atoms with E-state index < -0.39 is 23.5 Å². The third-order valence-corrected chi connectivity index (χ3v) is 9.40. The van der Waals surface area contributed by atoms with Crippen molar-refractivity contribution in [2.45, 2.75) is 43.8 Å². The van der Waals surface area contributed by atoms with Gasteiger partial charge < -0.3 is 29.8 Å². The Morgan fingerprint density at radius 3 is 2.29 bits per heavy atom. The zero-order valence-corrected chi connectivity index (χ0v) is 26.2. The van der Waals surface area contributed by atoms with Gasteiger partial charge in [-0.3, -0.25) is 9.59 Å². The van der Waals surface area contributed by atoms with Crippen LogP contribution >= 0.6 is 0 Å². The predicted octanol–water partition coefficient (Wildman–Crippen LogP) is 5.80. The van der Waals surface area contributed by atoms with Gasteiger partial charge in [-0.25, -0.2) is 4.98 Å². The number of alkyl halides is 3. The first-order chi connectivity index (χ1) is 23.2. The SMILES string of the molecule is O=C(Nc1ccc(N2CCN(C(=O)C3CCc4ccccc4N3)CC2)nc1)c1oc(N2CCC(c3ccccc3)CC2)nc1C(F)(F)F. The maximum Gasteiger partial charge on any atom is 0.437 e. The highest BCUT2D eigenvalue weighted by molar-refractivity contribution is 6.03. The number of fused-ring (bicyclic) bond motifs is 1. The molecule has 3 aliphatic rings. The number of piperazine rings is 1. The fourth-order valence-electron chi connectivity index (χ4n) is 6.75. The molecule has 1 atom stereocenters. The molecule has 1 unspecified atom stereocenters. The van der Waals surface area contributed by atoms with Gasteiger partial charge in [0.1, 0.15) is 11.9 Å². The van der Waals surface area contributed by atoms with Crippen molar-refractivity contribution >= 4 is 35.0 Å². The van der Waals surface area contributed by atoms with Crippen molar-refractivity contribution in [3.8, 4) is 0 Å². The van der Waals surface area contributed by atoms with Gasteiger partial charge in [0.2, 0.25) is 11.7 Å². The number of para-hydroxylation sites is 1. The molecular formula is C35H36F3N7O3. The van der Waals surface area contributed by atoms with Crippen LogP contribution in [0.5, 0.6) is 0 Å². The summed E-state index contributed by atoms with van der Waals surface area (Å²) in [6, 6.07) is 20.8. The Labute approximate surface area is 275 Å². The molecule has 2 N–H and O–H groups in total. The standard InChI is InChI=1S/C35H36F3N7O3/c36-35(37,38)31-30(48-34(42-31)45-16-14-24(15-17-45)23-6-2-1-3-7-23)32(46)40-26-11-13-29(39-22-26)43-18-20-44(21-19-43)33(47)28-12-10-25-8-4-5-9-27(25)41-28/h1-9,11,13,22,24,28,41H,10,12,14-21H2,(H,40,46). The van der Waals surface area contributed by atoms with Gasteiger partial charge in [-0.15, -0.1) is 0 Å². The summed E-state index contributed by atoms with van der Waals surface area (Å²) in [4.78, 5) is 40.0. The van der Waals surface area contributed by atoms with Crippen molar-refractivity contribution in [1.82, 2.24) is 14.9 Å². The lowest BCUT2D eigenvalue weighted by atomic mass is 9.90. The highest BCUT2D eigenvalue weighted by Crippen LogP contribution is 2.36. The van der Waals surface area contributed by atoms with Crippen LogP contribution in [-0.4, -0.2) is 72.0 Å². The van der Waals surface area contributed by atoms with E-state index in [0.717, 1.165) is 31.4 Å². The fourth-order valence-corrected chi connectivity index (χ4v) is 6.75. The van der Waals surface area contributed by atoms with E-state index in [1.807, 2.05) is 46.2 Å². The van der Waals surface area contributed by atoms with Crippen LogP contribution in [0, 0.1) is 0 Å². The monoisotopic (exact) mass is 659 g/mol. The Kier molecular flexibility index (Phi) is 8.67. The first-order valence-electron chi connectivity index (χ1n) is 16.3. The Balaban J connectivity index is 0.948. The molecular weight excluding hydrogens is 623 g/mol. The molecule has 5 heterocycles. The maximum atomic E-state index is 13.9. The Morgan fingerprint density at radius 1 is 0.854 bits per heavy atom. The van der Waals surface area contributed by atoms with E-state index in [-0.39, 0.29) is 23.7 Å². The maximum absolute atomic E-state index is 13.9. The van der Waals surface area contributed by atoms with Crippen molar-refractivity contribution in [3.63, 3.8) is 0 Å². The summed E-state index contributed by atoms with van der Waals surface area (Å²) in [5.41, 5.74) is 2.28. The van der Waals surface area contributed by atoms with Crippen LogP contribution in [0.3, 0.4) is 0 Å². The second kappa shape index (κ2) is 13.2. The van der Waals surface area contributed by atoms with E-state index >= 15 is 0 Å². The molecule has 2 saturated heterocycles. The molecule has 2 amide bonds. The molecule has 0 spiro atoms. The minimum absolute atomic E-state index is 0.0839. The number of aromatic nitrogens is 2. The first kappa shape index (κ1) is 31.5. The van der Waals surface area contributed by atoms with Crippen molar-refractivity contribution in [1.29, 1.82) is 0 Å². The number of benzene rings is 2. The van der Waals surface area contributed by atoms with Gasteiger partial charge in [-0.1, -0.05) is 48.5 Å². The number of carbonyl (C=O) groups is 2. The largest absolute Gasteiger partial charge is 0.437 e. The van der Waals surface area contributed by atoms with Crippen LogP contribution in [0.25, 0.3) is 0 Å². The summed E-state index contributed by atoms with van der Waals surface area (Å²) in [7, 11) is 0. The van der Waals surface area contributed by atoms with Crippen molar-refractivity contribution in [3.05, 3.63) is 95.5 Å². The fraction of sp³-hybridized carbons (Fsp3) is 0.371. The molecule has 0 bridgehead atoms. The van der Waals surface area contributed by atoms with Gasteiger partial charge in [-0.05, 0) is 60.9 Å². The average molecular weight is 660 g/mol. The number of carbonyl (C=O) groups excluding carboxylic acids is 2. The number of halogens is 3. The summed E-state index contributed by atoms with van der Waals surface area (Å²) in [5, 5.41) is 5.86. The van der Waals surface area contributed by atoms with Crippen LogP contribution in [0.15, 0.2) is 77.3 Å². The molecule has 250 valence electrons. The topological polar surface area (TPSA) is 107 Å². The quantitative estimate of drug-likeness (QED) is 0.268. The van der Waals surface area contributed by atoms with Crippen molar-refractivity contribution in [2.24, 2.45) is 0 Å². The normalized spacial score (nSPS) is 18.6. The summed E-state index contributed by atoms with van der Waals surface area (Å²) in [6.45, 7) is 3.14. The van der Waals surface area contributed by atoms with Crippen LogP contribution in [0.4, 0.5) is 36.4 Å². The molecule has 13 heteroatoms. The third kappa shape index (κ3) is 6.67. The molecule has 48 heavy (non-hydrogen) atoms. The summed E-state index contributed by atoms with van der Waals surface area (Å²) >= 11 is 0. The second-order valence-electron chi connectivity index (χ2n) is 12.4. The Morgan fingerprint density at radius 2 is 1.58 bits per heavy atom. The molecule has 4 aromatic rings. The number of hydrogen-bond acceptors (Lipinski definition) is 8. The number of piperidine rings is 1.